The minimum absolute atomic E-state index is 0.145. The number of aromatic amines is 1. The number of anilines is 1. The van der Waals surface area contributed by atoms with Crippen LogP contribution in [0.5, 0.6) is 0 Å². The Labute approximate surface area is 247 Å². The van der Waals surface area contributed by atoms with Gasteiger partial charge in [-0.25, -0.2) is 4.79 Å². The lowest BCUT2D eigenvalue weighted by Crippen LogP contribution is -2.48. The fourth-order valence-electron chi connectivity index (χ4n) is 5.44. The number of carbonyl (C=O) groups is 2. The van der Waals surface area contributed by atoms with E-state index in [2.05, 4.69) is 31.3 Å². The predicted octanol–water partition coefficient (Wildman–Crippen LogP) is 1.36. The Morgan fingerprint density at radius 2 is 1.67 bits per heavy atom. The zero-order valence-electron chi connectivity index (χ0n) is 24.1. The third-order valence-corrected chi connectivity index (χ3v) is 8.09. The molecule has 1 aliphatic rings. The fraction of sp³-hybridized carbons (Fsp3) is 0.367. The number of carbonyl (C=O) groups excluding carboxylic acids is 2. The van der Waals surface area contributed by atoms with Gasteiger partial charge >= 0.3 is 5.69 Å². The van der Waals surface area contributed by atoms with Gasteiger partial charge in [-0.05, 0) is 78.8 Å². The predicted molar refractivity (Wildman–Crippen MR) is 161 cm³/mol. The number of rotatable bonds is 9. The van der Waals surface area contributed by atoms with Gasteiger partial charge in [-0.3, -0.25) is 19.0 Å². The summed E-state index contributed by atoms with van der Waals surface area (Å²) in [5.41, 5.74) is 8.13. The molecule has 5 rings (SSSR count). The highest BCUT2D eigenvalue weighted by Gasteiger charge is 2.29. The van der Waals surface area contributed by atoms with Crippen molar-refractivity contribution in [1.82, 2.24) is 35.1 Å². The Hall–Kier alpha value is -4.91. The summed E-state index contributed by atoms with van der Waals surface area (Å²) in [6.45, 7) is 0.617. The molecule has 1 fully saturated rings. The van der Waals surface area contributed by atoms with Gasteiger partial charge in [-0.1, -0.05) is 24.3 Å². The lowest BCUT2D eigenvalue weighted by molar-refractivity contribution is -0.130. The van der Waals surface area contributed by atoms with E-state index in [0.29, 0.717) is 35.1 Å². The van der Waals surface area contributed by atoms with Crippen molar-refractivity contribution in [2.24, 2.45) is 31.7 Å². The van der Waals surface area contributed by atoms with Crippen molar-refractivity contribution < 1.29 is 9.59 Å². The lowest BCUT2D eigenvalue weighted by atomic mass is 9.81. The smallest absolute Gasteiger partial charge is 0.330 e. The molecule has 2 amide bonds. The summed E-state index contributed by atoms with van der Waals surface area (Å²) in [4.78, 5) is 51.6. The molecule has 1 saturated carbocycles. The molecule has 4 aromatic rings. The number of benzene rings is 2. The minimum atomic E-state index is -0.840. The number of aryl methyl sites for hydroxylation is 1. The van der Waals surface area contributed by atoms with Crippen molar-refractivity contribution >= 4 is 17.5 Å². The Morgan fingerprint density at radius 1 is 1.00 bits per heavy atom. The average Bonchev–Trinajstić information content (AvgIpc) is 3.57. The highest BCUT2D eigenvalue weighted by atomic mass is 16.2. The molecular weight excluding hydrogens is 550 g/mol. The second kappa shape index (κ2) is 12.9. The van der Waals surface area contributed by atoms with Gasteiger partial charge in [0, 0.05) is 43.9 Å². The molecule has 1 unspecified atom stereocenters. The molecule has 0 spiro atoms. The summed E-state index contributed by atoms with van der Waals surface area (Å²) in [5.74, 6) is 0.198. The van der Waals surface area contributed by atoms with Crippen molar-refractivity contribution in [1.29, 1.82) is 0 Å². The van der Waals surface area contributed by atoms with Crippen LogP contribution < -0.4 is 27.6 Å². The van der Waals surface area contributed by atoms with Crippen LogP contribution in [-0.4, -0.2) is 54.2 Å². The second-order valence-corrected chi connectivity index (χ2v) is 11.0. The molecule has 13 nitrogen and oxygen atoms in total. The SMILES string of the molecule is Cn1cc(-c2ccc(CC(NC(=O)C3CCC(CN)CC3)C(=O)Nc3ccc(-c4nn[nH]n4)cc3)cc2)c(=O)n(C)c1=O. The molecule has 5 N–H and O–H groups in total. The van der Waals surface area contributed by atoms with Crippen LogP contribution in [0.4, 0.5) is 5.69 Å². The minimum Gasteiger partial charge on any atom is -0.344 e. The number of nitrogens with zero attached hydrogens (tertiary/aromatic N) is 5. The number of aromatic nitrogens is 6. The number of hydrogen-bond donors (Lipinski definition) is 4. The van der Waals surface area contributed by atoms with E-state index in [4.69, 9.17) is 5.73 Å². The van der Waals surface area contributed by atoms with Gasteiger partial charge in [0.1, 0.15) is 6.04 Å². The monoisotopic (exact) mass is 585 g/mol. The number of H-pyrrole nitrogens is 1. The van der Waals surface area contributed by atoms with Crippen molar-refractivity contribution in [3.8, 4) is 22.5 Å². The van der Waals surface area contributed by atoms with Crippen molar-refractivity contribution in [2.75, 3.05) is 11.9 Å². The highest BCUT2D eigenvalue weighted by Crippen LogP contribution is 2.28. The number of tetrazole rings is 1. The maximum Gasteiger partial charge on any atom is 0.330 e. The zero-order chi connectivity index (χ0) is 30.5. The first kappa shape index (κ1) is 29.6. The van der Waals surface area contributed by atoms with E-state index in [1.165, 1.54) is 17.8 Å². The fourth-order valence-corrected chi connectivity index (χ4v) is 5.44. The molecule has 2 aromatic heterocycles. The number of amides is 2. The highest BCUT2D eigenvalue weighted by molar-refractivity contribution is 5.97. The summed E-state index contributed by atoms with van der Waals surface area (Å²) < 4.78 is 2.42. The summed E-state index contributed by atoms with van der Waals surface area (Å²) in [5, 5.41) is 19.8. The molecular formula is C30H35N9O4. The van der Waals surface area contributed by atoms with Crippen LogP contribution in [0.1, 0.15) is 31.2 Å². The maximum atomic E-state index is 13.5. The van der Waals surface area contributed by atoms with Gasteiger partial charge < -0.3 is 20.9 Å². The molecule has 0 radical (unpaired) electrons. The zero-order valence-corrected chi connectivity index (χ0v) is 24.1. The van der Waals surface area contributed by atoms with Gasteiger partial charge in [0.2, 0.25) is 17.6 Å². The van der Waals surface area contributed by atoms with Gasteiger partial charge in [-0.15, -0.1) is 10.2 Å². The molecule has 224 valence electrons. The van der Waals surface area contributed by atoms with Crippen LogP contribution in [0.25, 0.3) is 22.5 Å². The summed E-state index contributed by atoms with van der Waals surface area (Å²) in [7, 11) is 3.03. The Kier molecular flexibility index (Phi) is 8.90. The van der Waals surface area contributed by atoms with E-state index in [1.54, 1.807) is 43.4 Å². The standard InChI is InChI=1S/C30H35N9O4/c1-38-17-24(29(42)39(2)30(38)43)20-7-3-18(4-8-20)15-25(33-27(40)22-9-5-19(16-31)6-10-22)28(41)32-23-13-11-21(12-14-23)26-34-36-37-35-26/h3-4,7-8,11-14,17,19,22,25H,5-6,9-10,15-16,31H2,1-2H3,(H,32,41)(H,33,40)(H,34,35,36,37). The maximum absolute atomic E-state index is 13.5. The molecule has 2 aromatic carbocycles. The first-order valence-electron chi connectivity index (χ1n) is 14.2. The lowest BCUT2D eigenvalue weighted by Gasteiger charge is -2.28. The van der Waals surface area contributed by atoms with E-state index in [1.807, 2.05) is 12.1 Å². The quantitative estimate of drug-likeness (QED) is 0.227. The Morgan fingerprint density at radius 3 is 2.30 bits per heavy atom. The van der Waals surface area contributed by atoms with Crippen LogP contribution in [0.3, 0.4) is 0 Å². The third-order valence-electron chi connectivity index (χ3n) is 8.09. The van der Waals surface area contributed by atoms with Gasteiger partial charge in [0.25, 0.3) is 5.56 Å². The van der Waals surface area contributed by atoms with Crippen LogP contribution in [-0.2, 0) is 30.1 Å². The summed E-state index contributed by atoms with van der Waals surface area (Å²) in [6.07, 6.45) is 5.02. The molecule has 1 aliphatic carbocycles. The van der Waals surface area contributed by atoms with E-state index in [-0.39, 0.29) is 24.2 Å². The third kappa shape index (κ3) is 6.78. The summed E-state index contributed by atoms with van der Waals surface area (Å²) >= 11 is 0. The molecule has 13 heteroatoms. The molecule has 0 saturated heterocycles. The van der Waals surface area contributed by atoms with Crippen molar-refractivity contribution in [3.05, 3.63) is 81.1 Å². The Balaban J connectivity index is 1.34. The van der Waals surface area contributed by atoms with Gasteiger partial charge in [0.05, 0.1) is 5.56 Å². The van der Waals surface area contributed by atoms with E-state index >= 15 is 0 Å². The second-order valence-electron chi connectivity index (χ2n) is 11.0. The topological polar surface area (TPSA) is 183 Å². The molecule has 0 aliphatic heterocycles. The first-order chi connectivity index (χ1) is 20.7. The largest absolute Gasteiger partial charge is 0.344 e. The van der Waals surface area contributed by atoms with Crippen molar-refractivity contribution in [3.63, 3.8) is 0 Å². The normalized spacial score (nSPS) is 17.3. The molecule has 0 bridgehead atoms. The van der Waals surface area contributed by atoms with Gasteiger partial charge in [0.15, 0.2) is 0 Å². The number of nitrogens with two attached hydrogens (primary N) is 1. The molecule has 43 heavy (non-hydrogen) atoms. The Bertz CT molecular complexity index is 1690. The van der Waals surface area contributed by atoms with Crippen LogP contribution in [0, 0.1) is 11.8 Å². The van der Waals surface area contributed by atoms with E-state index in [0.717, 1.165) is 41.4 Å². The number of nitrogens with one attached hydrogen (secondary N) is 3. The average molecular weight is 586 g/mol. The molecule has 1 atom stereocenters. The van der Waals surface area contributed by atoms with E-state index in [9.17, 15) is 19.2 Å². The van der Waals surface area contributed by atoms with E-state index < -0.39 is 17.3 Å². The van der Waals surface area contributed by atoms with Crippen LogP contribution in [0.2, 0.25) is 0 Å². The number of hydrogen-bond acceptors (Lipinski definition) is 8. The first-order valence-corrected chi connectivity index (χ1v) is 14.2. The molecule has 2 heterocycles. The van der Waals surface area contributed by atoms with Crippen LogP contribution >= 0.6 is 0 Å². The van der Waals surface area contributed by atoms with Crippen LogP contribution in [0.15, 0.2) is 64.3 Å². The van der Waals surface area contributed by atoms with Gasteiger partial charge in [-0.2, -0.15) is 5.21 Å². The van der Waals surface area contributed by atoms with Crippen molar-refractivity contribution in [2.45, 2.75) is 38.1 Å². The summed E-state index contributed by atoms with van der Waals surface area (Å²) in [6, 6.07) is 13.4.